The molecule has 3 saturated heterocycles. The second-order valence-corrected chi connectivity index (χ2v) is 6.80. The molecule has 2 aromatic heterocycles. The van der Waals surface area contributed by atoms with Gasteiger partial charge in [-0.05, 0) is 18.6 Å². The average Bonchev–Trinajstić information content (AvgIpc) is 3.17. The van der Waals surface area contributed by atoms with Crippen molar-refractivity contribution >= 4 is 17.0 Å². The Bertz CT molecular complexity index is 888. The molecule has 5 heterocycles. The largest absolute Gasteiger partial charge is 0.424 e. The molecule has 0 N–H and O–H groups in total. The lowest BCUT2D eigenvalue weighted by Crippen LogP contribution is -2.68. The smallest absolute Gasteiger partial charge is 0.230 e. The topological polar surface area (TPSA) is 63.2 Å². The molecule has 1 aromatic carbocycles. The predicted octanol–water partition coefficient (Wildman–Crippen LogP) is 1.73. The number of para-hydroxylation sites is 2. The highest BCUT2D eigenvalue weighted by atomic mass is 16.4. The number of piperazine rings is 1. The molecule has 2 unspecified atom stereocenters. The van der Waals surface area contributed by atoms with Crippen LogP contribution in [0.1, 0.15) is 18.2 Å². The first kappa shape index (κ1) is 14.0. The zero-order chi connectivity index (χ0) is 16.3. The van der Waals surface area contributed by atoms with Crippen molar-refractivity contribution in [3.63, 3.8) is 0 Å². The molecule has 0 amide bonds. The van der Waals surface area contributed by atoms with Crippen molar-refractivity contribution in [2.75, 3.05) is 18.0 Å². The van der Waals surface area contributed by atoms with Crippen molar-refractivity contribution in [1.82, 2.24) is 24.6 Å². The summed E-state index contributed by atoms with van der Waals surface area (Å²) in [5.41, 5.74) is 2.25. The van der Waals surface area contributed by atoms with Crippen LogP contribution in [0, 0.1) is 6.92 Å². The second-order valence-electron chi connectivity index (χ2n) is 6.80. The maximum absolute atomic E-state index is 5.53. The third-order valence-corrected chi connectivity index (χ3v) is 5.28. The SMILES string of the molecule is Cc1nnc(CN2C3CC2CN(c2nc4ccccc4n2C)C3)o1. The van der Waals surface area contributed by atoms with Crippen molar-refractivity contribution in [2.45, 2.75) is 32.0 Å². The quantitative estimate of drug-likeness (QED) is 0.731. The van der Waals surface area contributed by atoms with Crippen LogP contribution in [0.2, 0.25) is 0 Å². The van der Waals surface area contributed by atoms with E-state index in [0.717, 1.165) is 37.0 Å². The number of nitrogens with zero attached hydrogens (tertiary/aromatic N) is 6. The maximum Gasteiger partial charge on any atom is 0.230 e. The molecule has 3 aliphatic rings. The van der Waals surface area contributed by atoms with Gasteiger partial charge in [0.25, 0.3) is 0 Å². The van der Waals surface area contributed by atoms with E-state index in [0.29, 0.717) is 18.0 Å². The summed E-state index contributed by atoms with van der Waals surface area (Å²) >= 11 is 0. The normalized spacial score (nSPS) is 23.7. The zero-order valence-electron chi connectivity index (χ0n) is 13.9. The summed E-state index contributed by atoms with van der Waals surface area (Å²) < 4.78 is 7.73. The van der Waals surface area contributed by atoms with Crippen LogP contribution >= 0.6 is 0 Å². The summed E-state index contributed by atoms with van der Waals surface area (Å²) in [6.07, 6.45) is 1.24. The molecule has 0 saturated carbocycles. The number of anilines is 1. The minimum absolute atomic E-state index is 0.538. The van der Waals surface area contributed by atoms with Gasteiger partial charge < -0.3 is 13.9 Å². The molecule has 7 nitrogen and oxygen atoms in total. The number of rotatable bonds is 3. The van der Waals surface area contributed by atoms with Gasteiger partial charge in [-0.25, -0.2) is 4.98 Å². The molecule has 7 heteroatoms. The van der Waals surface area contributed by atoms with E-state index in [1.165, 1.54) is 11.9 Å². The van der Waals surface area contributed by atoms with Crippen molar-refractivity contribution in [3.8, 4) is 0 Å². The highest BCUT2D eigenvalue weighted by Crippen LogP contribution is 2.36. The Morgan fingerprint density at radius 3 is 2.67 bits per heavy atom. The molecule has 2 bridgehead atoms. The first-order valence-electron chi connectivity index (χ1n) is 8.40. The first-order valence-corrected chi connectivity index (χ1v) is 8.40. The van der Waals surface area contributed by atoms with Gasteiger partial charge in [-0.3, -0.25) is 4.90 Å². The molecule has 2 atom stereocenters. The van der Waals surface area contributed by atoms with Crippen LogP contribution in [-0.4, -0.2) is 49.8 Å². The lowest BCUT2D eigenvalue weighted by atomic mass is 9.87. The number of piperidine rings is 1. The maximum atomic E-state index is 5.53. The fourth-order valence-electron chi connectivity index (χ4n) is 4.08. The average molecular weight is 324 g/mol. The summed E-state index contributed by atoms with van der Waals surface area (Å²) in [5, 5.41) is 8.05. The molecule has 3 aliphatic heterocycles. The van der Waals surface area contributed by atoms with Gasteiger partial charge in [0.05, 0.1) is 17.6 Å². The summed E-state index contributed by atoms with van der Waals surface area (Å²) in [6.45, 7) is 4.59. The van der Waals surface area contributed by atoms with Gasteiger partial charge in [-0.1, -0.05) is 12.1 Å². The van der Waals surface area contributed by atoms with E-state index in [2.05, 4.69) is 49.8 Å². The molecule has 0 aliphatic carbocycles. The van der Waals surface area contributed by atoms with Crippen molar-refractivity contribution in [3.05, 3.63) is 36.0 Å². The van der Waals surface area contributed by atoms with Crippen LogP contribution < -0.4 is 4.90 Å². The summed E-state index contributed by atoms with van der Waals surface area (Å²) in [4.78, 5) is 9.72. The Balaban J connectivity index is 1.35. The lowest BCUT2D eigenvalue weighted by molar-refractivity contribution is -0.0155. The van der Waals surface area contributed by atoms with E-state index in [9.17, 15) is 0 Å². The summed E-state index contributed by atoms with van der Waals surface area (Å²) in [7, 11) is 2.10. The van der Waals surface area contributed by atoms with Crippen LogP contribution in [0.4, 0.5) is 5.95 Å². The number of aryl methyl sites for hydroxylation is 2. The number of aromatic nitrogens is 4. The predicted molar refractivity (Wildman–Crippen MR) is 89.7 cm³/mol. The molecule has 3 aromatic rings. The minimum Gasteiger partial charge on any atom is -0.424 e. The monoisotopic (exact) mass is 324 g/mol. The fourth-order valence-corrected chi connectivity index (χ4v) is 4.08. The van der Waals surface area contributed by atoms with E-state index in [4.69, 9.17) is 9.40 Å². The Morgan fingerprint density at radius 2 is 1.96 bits per heavy atom. The molecule has 3 fully saturated rings. The second kappa shape index (κ2) is 5.04. The molecule has 124 valence electrons. The highest BCUT2D eigenvalue weighted by Gasteiger charge is 2.45. The first-order chi connectivity index (χ1) is 11.7. The molecule has 0 spiro atoms. The van der Waals surface area contributed by atoms with E-state index in [1.807, 2.05) is 13.0 Å². The van der Waals surface area contributed by atoms with Crippen LogP contribution in [-0.2, 0) is 13.6 Å². The van der Waals surface area contributed by atoms with Crippen molar-refractivity contribution in [2.24, 2.45) is 7.05 Å². The Hall–Kier alpha value is -2.41. The Labute approximate surface area is 139 Å². The summed E-state index contributed by atoms with van der Waals surface area (Å²) in [6, 6.07) is 9.39. The standard InChI is InChI=1S/C17H20N6O/c1-11-19-20-16(24-11)10-23-12-7-13(23)9-22(8-12)17-18-14-5-3-4-6-15(14)21(17)2/h3-6,12-13H,7-10H2,1-2H3. The van der Waals surface area contributed by atoms with Crippen LogP contribution in [0.5, 0.6) is 0 Å². The molecule has 6 rings (SSSR count). The molecule has 24 heavy (non-hydrogen) atoms. The van der Waals surface area contributed by atoms with Gasteiger partial charge in [-0.15, -0.1) is 10.2 Å². The summed E-state index contributed by atoms with van der Waals surface area (Å²) in [5.74, 6) is 2.43. The fraction of sp³-hybridized carbons (Fsp3) is 0.471. The lowest BCUT2D eigenvalue weighted by Gasteiger charge is -2.56. The van der Waals surface area contributed by atoms with Gasteiger partial charge in [0.15, 0.2) is 0 Å². The van der Waals surface area contributed by atoms with Gasteiger partial charge in [-0.2, -0.15) is 0 Å². The van der Waals surface area contributed by atoms with Gasteiger partial charge in [0, 0.05) is 39.1 Å². The van der Waals surface area contributed by atoms with Crippen LogP contribution in [0.3, 0.4) is 0 Å². The van der Waals surface area contributed by atoms with Gasteiger partial charge >= 0.3 is 0 Å². The van der Waals surface area contributed by atoms with Crippen LogP contribution in [0.15, 0.2) is 28.7 Å². The third kappa shape index (κ3) is 2.04. The van der Waals surface area contributed by atoms with Gasteiger partial charge in [0.2, 0.25) is 17.7 Å². The van der Waals surface area contributed by atoms with E-state index >= 15 is 0 Å². The van der Waals surface area contributed by atoms with E-state index in [1.54, 1.807) is 0 Å². The van der Waals surface area contributed by atoms with E-state index in [-0.39, 0.29) is 0 Å². The molecule has 0 radical (unpaired) electrons. The highest BCUT2D eigenvalue weighted by molar-refractivity contribution is 5.78. The number of fused-ring (bicyclic) bond motifs is 3. The van der Waals surface area contributed by atoms with Crippen molar-refractivity contribution < 1.29 is 4.42 Å². The number of hydrogen-bond acceptors (Lipinski definition) is 6. The molecular weight excluding hydrogens is 304 g/mol. The third-order valence-electron chi connectivity index (χ3n) is 5.28. The number of imidazole rings is 1. The van der Waals surface area contributed by atoms with Crippen LogP contribution in [0.25, 0.3) is 11.0 Å². The zero-order valence-corrected chi connectivity index (χ0v) is 13.9. The number of benzene rings is 1. The molecular formula is C17H20N6O. The number of hydrogen-bond donors (Lipinski definition) is 0. The van der Waals surface area contributed by atoms with E-state index < -0.39 is 0 Å². The van der Waals surface area contributed by atoms with Gasteiger partial charge in [0.1, 0.15) is 0 Å². The Kier molecular flexibility index (Phi) is 2.94. The van der Waals surface area contributed by atoms with Crippen molar-refractivity contribution in [1.29, 1.82) is 0 Å². The minimum atomic E-state index is 0.538. The Morgan fingerprint density at radius 1 is 1.17 bits per heavy atom.